The van der Waals surface area contributed by atoms with Crippen LogP contribution in [-0.2, 0) is 15.9 Å². The van der Waals surface area contributed by atoms with Crippen molar-refractivity contribution in [3.8, 4) is 0 Å². The second kappa shape index (κ2) is 5.63. The third-order valence-corrected chi connectivity index (χ3v) is 3.69. The first-order valence-corrected chi connectivity index (χ1v) is 6.95. The molecule has 1 N–H and O–H groups in total. The summed E-state index contributed by atoms with van der Waals surface area (Å²) in [6, 6.07) is 5.49. The maximum absolute atomic E-state index is 11.7. The number of benzene rings is 1. The van der Waals surface area contributed by atoms with Gasteiger partial charge in [-0.2, -0.15) is 0 Å². The second-order valence-corrected chi connectivity index (χ2v) is 5.05. The lowest BCUT2D eigenvalue weighted by Gasteiger charge is -2.06. The monoisotopic (exact) mass is 274 g/mol. The number of nitrogens with zero attached hydrogens (tertiary/aromatic N) is 1. The van der Waals surface area contributed by atoms with E-state index < -0.39 is 0 Å². The van der Waals surface area contributed by atoms with E-state index in [4.69, 9.17) is 9.47 Å². The Morgan fingerprint density at radius 2 is 2.45 bits per heavy atom. The Morgan fingerprint density at radius 1 is 1.55 bits per heavy atom. The summed E-state index contributed by atoms with van der Waals surface area (Å²) in [6.07, 6.45) is 4.43. The Morgan fingerprint density at radius 3 is 3.20 bits per heavy atom. The average Bonchev–Trinajstić information content (AvgIpc) is 3.12. The van der Waals surface area contributed by atoms with Crippen LogP contribution in [0.5, 0.6) is 0 Å². The van der Waals surface area contributed by atoms with E-state index in [2.05, 4.69) is 9.97 Å². The first-order valence-electron chi connectivity index (χ1n) is 6.95. The van der Waals surface area contributed by atoms with Gasteiger partial charge in [0.15, 0.2) is 0 Å². The van der Waals surface area contributed by atoms with Crippen molar-refractivity contribution in [3.05, 3.63) is 29.6 Å². The third-order valence-electron chi connectivity index (χ3n) is 3.69. The smallest absolute Gasteiger partial charge is 0.340 e. The molecule has 5 heteroatoms. The van der Waals surface area contributed by atoms with Gasteiger partial charge < -0.3 is 14.5 Å². The van der Waals surface area contributed by atoms with E-state index in [0.29, 0.717) is 17.2 Å². The summed E-state index contributed by atoms with van der Waals surface area (Å²) in [5, 5.41) is 0. The summed E-state index contributed by atoms with van der Waals surface area (Å²) in [4.78, 5) is 19.5. The zero-order valence-corrected chi connectivity index (χ0v) is 11.5. The predicted molar refractivity (Wildman–Crippen MR) is 74.7 cm³/mol. The largest absolute Gasteiger partial charge is 0.465 e. The molecule has 0 saturated carbocycles. The zero-order valence-electron chi connectivity index (χ0n) is 11.5. The van der Waals surface area contributed by atoms with Crippen molar-refractivity contribution in [2.75, 3.05) is 13.7 Å². The number of methoxy groups -OCH3 is 1. The first-order chi connectivity index (χ1) is 9.78. The van der Waals surface area contributed by atoms with Crippen LogP contribution in [0, 0.1) is 0 Å². The fourth-order valence-electron chi connectivity index (χ4n) is 2.65. The maximum Gasteiger partial charge on any atom is 0.340 e. The number of carbonyl (C=O) groups is 1. The minimum Gasteiger partial charge on any atom is -0.465 e. The number of aromatic amines is 1. The highest BCUT2D eigenvalue weighted by molar-refractivity contribution is 6.01. The minimum atomic E-state index is -0.354. The second-order valence-electron chi connectivity index (χ2n) is 5.05. The number of esters is 1. The van der Waals surface area contributed by atoms with E-state index in [9.17, 15) is 4.79 Å². The molecule has 1 unspecified atom stereocenters. The molecule has 0 spiro atoms. The van der Waals surface area contributed by atoms with Crippen molar-refractivity contribution in [2.24, 2.45) is 0 Å². The van der Waals surface area contributed by atoms with Gasteiger partial charge >= 0.3 is 5.97 Å². The SMILES string of the molecule is COC(=O)c1cccc2[nH]c(CCC3CCCO3)nc12. The Hall–Kier alpha value is -1.88. The van der Waals surface area contributed by atoms with E-state index >= 15 is 0 Å². The quantitative estimate of drug-likeness (QED) is 0.870. The first kappa shape index (κ1) is 13.1. The van der Waals surface area contributed by atoms with Crippen LogP contribution in [0.1, 0.15) is 35.4 Å². The molecule has 2 heterocycles. The van der Waals surface area contributed by atoms with Crippen LogP contribution in [0.2, 0.25) is 0 Å². The number of ether oxygens (including phenoxy) is 2. The van der Waals surface area contributed by atoms with E-state index in [1.165, 1.54) is 7.11 Å². The topological polar surface area (TPSA) is 64.2 Å². The summed E-state index contributed by atoms with van der Waals surface area (Å²) in [6.45, 7) is 0.872. The fourth-order valence-corrected chi connectivity index (χ4v) is 2.65. The molecule has 1 aromatic carbocycles. The maximum atomic E-state index is 11.7. The summed E-state index contributed by atoms with van der Waals surface area (Å²) in [7, 11) is 1.38. The molecule has 1 saturated heterocycles. The Balaban J connectivity index is 1.80. The molecular weight excluding hydrogens is 256 g/mol. The highest BCUT2D eigenvalue weighted by Crippen LogP contribution is 2.20. The fraction of sp³-hybridized carbons (Fsp3) is 0.467. The third kappa shape index (κ3) is 2.54. The zero-order chi connectivity index (χ0) is 13.9. The molecule has 2 aromatic rings. The summed E-state index contributed by atoms with van der Waals surface area (Å²) < 4.78 is 10.4. The molecule has 106 valence electrons. The van der Waals surface area contributed by atoms with Crippen molar-refractivity contribution in [1.29, 1.82) is 0 Å². The highest BCUT2D eigenvalue weighted by atomic mass is 16.5. The average molecular weight is 274 g/mol. The Labute approximate surface area is 117 Å². The highest BCUT2D eigenvalue weighted by Gasteiger charge is 2.17. The van der Waals surface area contributed by atoms with Crippen LogP contribution in [0.25, 0.3) is 11.0 Å². The number of hydrogen-bond acceptors (Lipinski definition) is 4. The number of imidazole rings is 1. The Kier molecular flexibility index (Phi) is 3.69. The van der Waals surface area contributed by atoms with Crippen molar-refractivity contribution in [1.82, 2.24) is 9.97 Å². The van der Waals surface area contributed by atoms with Gasteiger partial charge in [0.05, 0.1) is 24.3 Å². The molecule has 1 aliphatic heterocycles. The van der Waals surface area contributed by atoms with Gasteiger partial charge in [0, 0.05) is 13.0 Å². The molecule has 3 rings (SSSR count). The number of aryl methyl sites for hydroxylation is 1. The van der Waals surface area contributed by atoms with Crippen LogP contribution in [0.3, 0.4) is 0 Å². The van der Waals surface area contributed by atoms with Gasteiger partial charge in [0.2, 0.25) is 0 Å². The number of carbonyl (C=O) groups excluding carboxylic acids is 1. The van der Waals surface area contributed by atoms with Gasteiger partial charge in [0.25, 0.3) is 0 Å². The number of hydrogen-bond donors (Lipinski definition) is 1. The van der Waals surface area contributed by atoms with Gasteiger partial charge in [-0.1, -0.05) is 6.07 Å². The van der Waals surface area contributed by atoms with E-state index in [0.717, 1.165) is 43.6 Å². The van der Waals surface area contributed by atoms with Gasteiger partial charge in [-0.3, -0.25) is 0 Å². The van der Waals surface area contributed by atoms with Gasteiger partial charge in [-0.05, 0) is 31.4 Å². The van der Waals surface area contributed by atoms with Crippen molar-refractivity contribution in [2.45, 2.75) is 31.8 Å². The number of nitrogens with one attached hydrogen (secondary N) is 1. The van der Waals surface area contributed by atoms with E-state index in [1.54, 1.807) is 6.07 Å². The summed E-state index contributed by atoms with van der Waals surface area (Å²) >= 11 is 0. The molecule has 1 atom stereocenters. The number of para-hydroxylation sites is 1. The molecule has 0 radical (unpaired) electrons. The standard InChI is InChI=1S/C15H18N2O3/c1-19-15(18)11-5-2-6-12-14(11)17-13(16-12)8-7-10-4-3-9-20-10/h2,5-6,10H,3-4,7-9H2,1H3,(H,16,17). The summed E-state index contributed by atoms with van der Waals surface area (Å²) in [5.74, 6) is 0.541. The van der Waals surface area contributed by atoms with E-state index in [-0.39, 0.29) is 5.97 Å². The van der Waals surface area contributed by atoms with Crippen molar-refractivity contribution >= 4 is 17.0 Å². The molecular formula is C15H18N2O3. The van der Waals surface area contributed by atoms with Crippen molar-refractivity contribution < 1.29 is 14.3 Å². The van der Waals surface area contributed by atoms with Crippen LogP contribution in [-0.4, -0.2) is 35.8 Å². The van der Waals surface area contributed by atoms with Crippen LogP contribution < -0.4 is 0 Å². The lowest BCUT2D eigenvalue weighted by molar-refractivity contribution is 0.0602. The van der Waals surface area contributed by atoms with Crippen LogP contribution in [0.15, 0.2) is 18.2 Å². The van der Waals surface area contributed by atoms with Crippen LogP contribution >= 0.6 is 0 Å². The van der Waals surface area contributed by atoms with Crippen molar-refractivity contribution in [3.63, 3.8) is 0 Å². The number of aromatic nitrogens is 2. The number of H-pyrrole nitrogens is 1. The molecule has 0 aliphatic carbocycles. The number of rotatable bonds is 4. The van der Waals surface area contributed by atoms with E-state index in [1.807, 2.05) is 12.1 Å². The minimum absolute atomic E-state index is 0.350. The molecule has 20 heavy (non-hydrogen) atoms. The lowest BCUT2D eigenvalue weighted by atomic mass is 10.1. The molecule has 5 nitrogen and oxygen atoms in total. The number of fused-ring (bicyclic) bond motifs is 1. The molecule has 0 amide bonds. The summed E-state index contributed by atoms with van der Waals surface area (Å²) in [5.41, 5.74) is 2.06. The normalized spacial score (nSPS) is 18.6. The predicted octanol–water partition coefficient (Wildman–Crippen LogP) is 2.46. The molecule has 0 bridgehead atoms. The Bertz CT molecular complexity index is 615. The lowest BCUT2D eigenvalue weighted by Crippen LogP contribution is -2.06. The molecule has 1 fully saturated rings. The van der Waals surface area contributed by atoms with Crippen LogP contribution in [0.4, 0.5) is 0 Å². The van der Waals surface area contributed by atoms with Gasteiger partial charge in [-0.15, -0.1) is 0 Å². The molecule has 1 aromatic heterocycles. The molecule has 1 aliphatic rings. The van der Waals surface area contributed by atoms with Gasteiger partial charge in [0.1, 0.15) is 11.3 Å². The van der Waals surface area contributed by atoms with Gasteiger partial charge in [-0.25, -0.2) is 9.78 Å².